The van der Waals surface area contributed by atoms with Crippen LogP contribution in [0, 0.1) is 0 Å². The molecule has 12 heavy (non-hydrogen) atoms. The smallest absolute Gasteiger partial charge is 0.234 e. The van der Waals surface area contributed by atoms with Crippen molar-refractivity contribution in [3.8, 4) is 0 Å². The summed E-state index contributed by atoms with van der Waals surface area (Å²) in [5.41, 5.74) is 0.835. The van der Waals surface area contributed by atoms with E-state index < -0.39 is 0 Å². The fourth-order valence-corrected chi connectivity index (χ4v) is 1.43. The molecule has 0 aliphatic carbocycles. The molecule has 2 aromatic rings. The van der Waals surface area contributed by atoms with Crippen molar-refractivity contribution in [1.82, 2.24) is 14.4 Å². The second-order valence-electron chi connectivity index (χ2n) is 2.35. The Morgan fingerprint density at radius 2 is 2.33 bits per heavy atom. The van der Waals surface area contributed by atoms with E-state index in [2.05, 4.69) is 25.9 Å². The highest BCUT2D eigenvalue weighted by Gasteiger charge is 2.00. The zero-order chi connectivity index (χ0) is 8.55. The molecule has 0 saturated carbocycles. The largest absolute Gasteiger partial charge is 0.290 e. The fraction of sp³-hybridized carbons (Fsp3) is 0.143. The Balaban J connectivity index is 2.67. The van der Waals surface area contributed by atoms with Crippen LogP contribution in [0.4, 0.5) is 0 Å². The van der Waals surface area contributed by atoms with Crippen LogP contribution in [0.2, 0.25) is 0 Å². The van der Waals surface area contributed by atoms with Gasteiger partial charge in [-0.15, -0.1) is 11.6 Å². The topological polar surface area (TPSA) is 30.2 Å². The average molecular weight is 246 g/mol. The van der Waals surface area contributed by atoms with Gasteiger partial charge in [-0.1, -0.05) is 0 Å². The van der Waals surface area contributed by atoms with Crippen molar-refractivity contribution in [3.05, 3.63) is 28.8 Å². The van der Waals surface area contributed by atoms with Crippen LogP contribution in [0.1, 0.15) is 5.69 Å². The summed E-state index contributed by atoms with van der Waals surface area (Å²) in [6.45, 7) is 0. The number of imidazole rings is 1. The molecule has 62 valence electrons. The van der Waals surface area contributed by atoms with Crippen molar-refractivity contribution >= 4 is 33.3 Å². The van der Waals surface area contributed by atoms with Crippen LogP contribution < -0.4 is 0 Å². The van der Waals surface area contributed by atoms with Gasteiger partial charge in [0.25, 0.3) is 0 Å². The number of nitrogens with zero attached hydrogens (tertiary/aromatic N) is 3. The van der Waals surface area contributed by atoms with E-state index in [1.54, 1.807) is 6.20 Å². The summed E-state index contributed by atoms with van der Waals surface area (Å²) in [6.07, 6.45) is 5.46. The maximum absolute atomic E-state index is 5.62. The molecule has 0 saturated heterocycles. The van der Waals surface area contributed by atoms with Crippen molar-refractivity contribution in [2.24, 2.45) is 0 Å². The summed E-state index contributed by atoms with van der Waals surface area (Å²) >= 11 is 8.94. The zero-order valence-electron chi connectivity index (χ0n) is 6.04. The first-order valence-electron chi connectivity index (χ1n) is 3.34. The molecule has 0 unspecified atom stereocenters. The molecule has 0 fully saturated rings. The van der Waals surface area contributed by atoms with Crippen molar-refractivity contribution in [1.29, 1.82) is 0 Å². The first kappa shape index (κ1) is 8.01. The predicted octanol–water partition coefficient (Wildman–Crippen LogP) is 2.23. The van der Waals surface area contributed by atoms with E-state index in [9.17, 15) is 0 Å². The maximum atomic E-state index is 5.62. The number of alkyl halides is 1. The van der Waals surface area contributed by atoms with Gasteiger partial charge < -0.3 is 0 Å². The number of hydrogen-bond donors (Lipinski definition) is 0. The van der Waals surface area contributed by atoms with Gasteiger partial charge in [0, 0.05) is 18.6 Å². The number of fused-ring (bicyclic) bond motifs is 1. The standard InChI is InChI=1S/C7H5BrClN3/c8-5-2-10-7-11-6(1-9)4-12(7)3-5/h2-4H,1H2. The Bertz CT molecular complexity index is 412. The van der Waals surface area contributed by atoms with E-state index in [1.807, 2.05) is 16.8 Å². The van der Waals surface area contributed by atoms with Crippen molar-refractivity contribution in [2.45, 2.75) is 5.88 Å². The van der Waals surface area contributed by atoms with Crippen LogP contribution >= 0.6 is 27.5 Å². The van der Waals surface area contributed by atoms with Gasteiger partial charge in [0.15, 0.2) is 0 Å². The van der Waals surface area contributed by atoms with E-state index in [-0.39, 0.29) is 0 Å². The summed E-state index contributed by atoms with van der Waals surface area (Å²) in [7, 11) is 0. The molecule has 3 nitrogen and oxygen atoms in total. The zero-order valence-corrected chi connectivity index (χ0v) is 8.38. The summed E-state index contributed by atoms with van der Waals surface area (Å²) in [5, 5.41) is 0. The van der Waals surface area contributed by atoms with Crippen LogP contribution in [0.3, 0.4) is 0 Å². The van der Waals surface area contributed by atoms with Crippen molar-refractivity contribution in [2.75, 3.05) is 0 Å². The van der Waals surface area contributed by atoms with Crippen LogP contribution in [0.25, 0.3) is 5.78 Å². The molecule has 0 aliphatic rings. The van der Waals surface area contributed by atoms with E-state index in [4.69, 9.17) is 11.6 Å². The highest BCUT2D eigenvalue weighted by molar-refractivity contribution is 9.10. The molecule has 0 atom stereocenters. The first-order chi connectivity index (χ1) is 5.79. The highest BCUT2D eigenvalue weighted by atomic mass is 79.9. The molecular formula is C7H5BrClN3. The van der Waals surface area contributed by atoms with Crippen molar-refractivity contribution < 1.29 is 0 Å². The number of aromatic nitrogens is 3. The summed E-state index contributed by atoms with van der Waals surface area (Å²) in [6, 6.07) is 0. The predicted molar refractivity (Wildman–Crippen MR) is 50.2 cm³/mol. The monoisotopic (exact) mass is 245 g/mol. The normalized spacial score (nSPS) is 10.8. The number of rotatable bonds is 1. The lowest BCUT2D eigenvalue weighted by atomic mass is 10.6. The van der Waals surface area contributed by atoms with Crippen molar-refractivity contribution in [3.63, 3.8) is 0 Å². The lowest BCUT2D eigenvalue weighted by Crippen LogP contribution is -1.85. The van der Waals surface area contributed by atoms with Gasteiger partial charge in [-0.2, -0.15) is 0 Å². The molecule has 0 spiro atoms. The molecule has 5 heteroatoms. The molecule has 0 N–H and O–H groups in total. The second-order valence-corrected chi connectivity index (χ2v) is 3.53. The van der Waals surface area contributed by atoms with Gasteiger partial charge in [0.05, 0.1) is 16.0 Å². The van der Waals surface area contributed by atoms with Gasteiger partial charge in [-0.25, -0.2) is 9.97 Å². The van der Waals surface area contributed by atoms with Gasteiger partial charge in [-0.3, -0.25) is 4.40 Å². The first-order valence-corrected chi connectivity index (χ1v) is 4.67. The SMILES string of the molecule is ClCc1cn2cc(Br)cnc2n1. The minimum absolute atomic E-state index is 0.418. The molecular weight excluding hydrogens is 241 g/mol. The molecule has 0 amide bonds. The molecule has 2 heterocycles. The van der Waals surface area contributed by atoms with Gasteiger partial charge >= 0.3 is 0 Å². The molecule has 0 radical (unpaired) electrons. The molecule has 2 rings (SSSR count). The lowest BCUT2D eigenvalue weighted by Gasteiger charge is -1.90. The number of hydrogen-bond acceptors (Lipinski definition) is 2. The third kappa shape index (κ3) is 1.32. The molecule has 0 aromatic carbocycles. The van der Waals surface area contributed by atoms with Gasteiger partial charge in [-0.05, 0) is 15.9 Å². The van der Waals surface area contributed by atoms with E-state index in [1.165, 1.54) is 0 Å². The van der Waals surface area contributed by atoms with E-state index in [0.29, 0.717) is 11.7 Å². The molecule has 0 bridgehead atoms. The Morgan fingerprint density at radius 1 is 1.50 bits per heavy atom. The highest BCUT2D eigenvalue weighted by Crippen LogP contribution is 2.10. The summed E-state index contributed by atoms with van der Waals surface area (Å²) in [5.74, 6) is 1.09. The summed E-state index contributed by atoms with van der Waals surface area (Å²) in [4.78, 5) is 8.27. The van der Waals surface area contributed by atoms with Gasteiger partial charge in [0.2, 0.25) is 5.78 Å². The van der Waals surface area contributed by atoms with Crippen LogP contribution in [0.5, 0.6) is 0 Å². The van der Waals surface area contributed by atoms with Gasteiger partial charge in [0.1, 0.15) is 0 Å². The Kier molecular flexibility index (Phi) is 2.02. The minimum Gasteiger partial charge on any atom is -0.290 e. The second kappa shape index (κ2) is 3.03. The number of halogens is 2. The summed E-state index contributed by atoms with van der Waals surface area (Å²) < 4.78 is 2.76. The molecule has 2 aromatic heterocycles. The van der Waals surface area contributed by atoms with Crippen LogP contribution in [0.15, 0.2) is 23.1 Å². The minimum atomic E-state index is 0.418. The quantitative estimate of drug-likeness (QED) is 0.722. The Labute approximate surface area is 82.5 Å². The van der Waals surface area contributed by atoms with E-state index >= 15 is 0 Å². The Hall–Kier alpha value is -0.610. The Morgan fingerprint density at radius 3 is 3.08 bits per heavy atom. The lowest BCUT2D eigenvalue weighted by molar-refractivity contribution is 1.10. The van der Waals surface area contributed by atoms with Crippen LogP contribution in [-0.2, 0) is 5.88 Å². The maximum Gasteiger partial charge on any atom is 0.234 e. The molecule has 0 aliphatic heterocycles. The van der Waals surface area contributed by atoms with Crippen LogP contribution in [-0.4, -0.2) is 14.4 Å². The third-order valence-electron chi connectivity index (χ3n) is 1.47. The van der Waals surface area contributed by atoms with E-state index in [0.717, 1.165) is 10.2 Å². The fourth-order valence-electron chi connectivity index (χ4n) is 0.974. The average Bonchev–Trinajstić information content (AvgIpc) is 2.46. The third-order valence-corrected chi connectivity index (χ3v) is 2.15.